The highest BCUT2D eigenvalue weighted by molar-refractivity contribution is 5.94. The molecular formula is C7H7O2-. The zero-order valence-corrected chi connectivity index (χ0v) is 4.91. The van der Waals surface area contributed by atoms with Crippen molar-refractivity contribution < 1.29 is 9.90 Å². The minimum Gasteiger partial charge on any atom is -0.854 e. The summed E-state index contributed by atoms with van der Waals surface area (Å²) in [6.07, 6.45) is 6.44. The first-order valence-electron chi connectivity index (χ1n) is 2.81. The van der Waals surface area contributed by atoms with Gasteiger partial charge in [0.25, 0.3) is 0 Å². The fourth-order valence-electron chi connectivity index (χ4n) is 0.705. The van der Waals surface area contributed by atoms with Crippen molar-refractivity contribution in [1.29, 1.82) is 0 Å². The van der Waals surface area contributed by atoms with Crippen LogP contribution in [0.25, 0.3) is 0 Å². The standard InChI is InChI=1S/C7H7O2/c8-5-6-3-1-2-4-7(6)9/h1-4,6H,5H2/q-1. The Morgan fingerprint density at radius 3 is 2.78 bits per heavy atom. The summed E-state index contributed by atoms with van der Waals surface area (Å²) in [5.41, 5.74) is 0. The molecule has 0 aliphatic heterocycles. The summed E-state index contributed by atoms with van der Waals surface area (Å²) in [7, 11) is 0. The van der Waals surface area contributed by atoms with Crippen LogP contribution in [0.1, 0.15) is 0 Å². The lowest BCUT2D eigenvalue weighted by Gasteiger charge is -2.13. The van der Waals surface area contributed by atoms with Gasteiger partial charge in [0.2, 0.25) is 0 Å². The smallest absolute Gasteiger partial charge is 0.161 e. The molecule has 0 heterocycles. The number of carbonyl (C=O) groups is 1. The summed E-state index contributed by atoms with van der Waals surface area (Å²) in [6.45, 7) is -0.334. The highest BCUT2D eigenvalue weighted by Crippen LogP contribution is 2.04. The molecule has 0 N–H and O–H groups in total. The normalized spacial score (nSPS) is 25.0. The number of ketones is 1. The summed E-state index contributed by atoms with van der Waals surface area (Å²) in [5, 5.41) is 10.2. The zero-order chi connectivity index (χ0) is 6.69. The van der Waals surface area contributed by atoms with Crippen LogP contribution in [0.4, 0.5) is 0 Å². The Bertz CT molecular complexity index is 168. The average Bonchev–Trinajstić information content (AvgIpc) is 1.89. The molecule has 1 aliphatic carbocycles. The number of carbonyl (C=O) groups excluding carboxylic acids is 1. The molecule has 0 saturated heterocycles. The van der Waals surface area contributed by atoms with Gasteiger partial charge in [0, 0.05) is 5.92 Å². The van der Waals surface area contributed by atoms with Gasteiger partial charge >= 0.3 is 0 Å². The van der Waals surface area contributed by atoms with E-state index >= 15 is 0 Å². The quantitative estimate of drug-likeness (QED) is 0.478. The molecule has 2 heteroatoms. The van der Waals surface area contributed by atoms with Gasteiger partial charge in [0.1, 0.15) is 0 Å². The summed E-state index contributed by atoms with van der Waals surface area (Å²) in [4.78, 5) is 10.7. The Labute approximate surface area is 53.5 Å². The van der Waals surface area contributed by atoms with Gasteiger partial charge in [-0.25, -0.2) is 0 Å². The van der Waals surface area contributed by atoms with E-state index in [9.17, 15) is 9.90 Å². The first-order chi connectivity index (χ1) is 4.34. The summed E-state index contributed by atoms with van der Waals surface area (Å²) in [5.74, 6) is -0.484. The van der Waals surface area contributed by atoms with E-state index in [1.165, 1.54) is 6.08 Å². The summed E-state index contributed by atoms with van der Waals surface area (Å²) >= 11 is 0. The van der Waals surface area contributed by atoms with Gasteiger partial charge in [-0.2, -0.15) is 0 Å². The van der Waals surface area contributed by atoms with Crippen molar-refractivity contribution in [3.8, 4) is 0 Å². The average molecular weight is 123 g/mol. The molecule has 0 aromatic heterocycles. The second-order valence-electron chi connectivity index (χ2n) is 1.92. The molecule has 0 saturated carbocycles. The second kappa shape index (κ2) is 2.60. The van der Waals surface area contributed by atoms with Crippen LogP contribution in [-0.4, -0.2) is 12.4 Å². The van der Waals surface area contributed by atoms with E-state index in [0.717, 1.165) is 0 Å². The molecule has 0 aromatic carbocycles. The Morgan fingerprint density at radius 2 is 2.33 bits per heavy atom. The van der Waals surface area contributed by atoms with Crippen LogP contribution in [-0.2, 0) is 4.79 Å². The molecule has 0 bridgehead atoms. The van der Waals surface area contributed by atoms with Crippen molar-refractivity contribution in [2.24, 2.45) is 5.92 Å². The van der Waals surface area contributed by atoms with Crippen molar-refractivity contribution >= 4 is 5.78 Å². The maximum Gasteiger partial charge on any atom is 0.161 e. The first kappa shape index (κ1) is 6.23. The Morgan fingerprint density at radius 1 is 1.56 bits per heavy atom. The molecule has 0 amide bonds. The highest BCUT2D eigenvalue weighted by atomic mass is 16.3. The highest BCUT2D eigenvalue weighted by Gasteiger charge is 2.07. The molecule has 1 rings (SSSR count). The largest absolute Gasteiger partial charge is 0.854 e. The minimum absolute atomic E-state index is 0.0764. The molecular weight excluding hydrogens is 116 g/mol. The molecule has 0 aromatic rings. The van der Waals surface area contributed by atoms with E-state index in [4.69, 9.17) is 0 Å². The maximum absolute atomic E-state index is 10.7. The molecule has 9 heavy (non-hydrogen) atoms. The van der Waals surface area contributed by atoms with Gasteiger partial charge in [0.15, 0.2) is 5.78 Å². The van der Waals surface area contributed by atoms with Crippen molar-refractivity contribution in [2.75, 3.05) is 6.61 Å². The summed E-state index contributed by atoms with van der Waals surface area (Å²) < 4.78 is 0. The minimum atomic E-state index is -0.407. The Balaban J connectivity index is 2.66. The van der Waals surface area contributed by atoms with E-state index in [0.29, 0.717) is 0 Å². The van der Waals surface area contributed by atoms with Crippen LogP contribution < -0.4 is 5.11 Å². The van der Waals surface area contributed by atoms with E-state index in [1.54, 1.807) is 18.2 Å². The number of rotatable bonds is 1. The first-order valence-corrected chi connectivity index (χ1v) is 2.81. The lowest BCUT2D eigenvalue weighted by atomic mass is 10.0. The zero-order valence-electron chi connectivity index (χ0n) is 4.91. The van der Waals surface area contributed by atoms with E-state index < -0.39 is 5.92 Å². The summed E-state index contributed by atoms with van der Waals surface area (Å²) in [6, 6.07) is 0. The van der Waals surface area contributed by atoms with Crippen LogP contribution in [0.2, 0.25) is 0 Å². The Kier molecular flexibility index (Phi) is 1.80. The third-order valence-corrected chi connectivity index (χ3v) is 1.26. The fraction of sp³-hybridized carbons (Fsp3) is 0.286. The number of hydrogen-bond donors (Lipinski definition) is 0. The predicted molar refractivity (Wildman–Crippen MR) is 31.6 cm³/mol. The van der Waals surface area contributed by atoms with Crippen LogP contribution in [0.5, 0.6) is 0 Å². The number of hydrogen-bond acceptors (Lipinski definition) is 2. The molecule has 0 spiro atoms. The van der Waals surface area contributed by atoms with Crippen molar-refractivity contribution in [3.63, 3.8) is 0 Å². The number of allylic oxidation sites excluding steroid dienone is 3. The molecule has 1 unspecified atom stereocenters. The van der Waals surface area contributed by atoms with Gasteiger partial charge in [-0.3, -0.25) is 4.79 Å². The van der Waals surface area contributed by atoms with E-state index in [2.05, 4.69) is 0 Å². The predicted octanol–water partition coefficient (Wildman–Crippen LogP) is -0.342. The van der Waals surface area contributed by atoms with E-state index in [-0.39, 0.29) is 12.4 Å². The van der Waals surface area contributed by atoms with Crippen LogP contribution >= 0.6 is 0 Å². The monoisotopic (exact) mass is 123 g/mol. The lowest BCUT2D eigenvalue weighted by Crippen LogP contribution is -2.23. The second-order valence-corrected chi connectivity index (χ2v) is 1.92. The molecule has 0 radical (unpaired) electrons. The molecule has 48 valence electrons. The van der Waals surface area contributed by atoms with Gasteiger partial charge < -0.3 is 5.11 Å². The Hall–Kier alpha value is -0.890. The van der Waals surface area contributed by atoms with Gasteiger partial charge in [-0.1, -0.05) is 18.2 Å². The third kappa shape index (κ3) is 1.27. The van der Waals surface area contributed by atoms with Crippen LogP contribution in [0.3, 0.4) is 0 Å². The molecule has 2 nitrogen and oxygen atoms in total. The van der Waals surface area contributed by atoms with Crippen LogP contribution in [0, 0.1) is 5.92 Å². The molecule has 1 aliphatic rings. The van der Waals surface area contributed by atoms with Crippen molar-refractivity contribution in [3.05, 3.63) is 24.3 Å². The van der Waals surface area contributed by atoms with Gasteiger partial charge in [-0.15, -0.1) is 6.61 Å². The fourth-order valence-corrected chi connectivity index (χ4v) is 0.705. The van der Waals surface area contributed by atoms with Crippen molar-refractivity contribution in [1.82, 2.24) is 0 Å². The maximum atomic E-state index is 10.7. The van der Waals surface area contributed by atoms with E-state index in [1.807, 2.05) is 0 Å². The van der Waals surface area contributed by atoms with Crippen molar-refractivity contribution in [2.45, 2.75) is 0 Å². The SMILES string of the molecule is O=C1C=CC=CC1C[O-]. The lowest BCUT2D eigenvalue weighted by molar-refractivity contribution is -0.372. The van der Waals surface area contributed by atoms with Gasteiger partial charge in [0.05, 0.1) is 0 Å². The molecule has 0 fully saturated rings. The van der Waals surface area contributed by atoms with Crippen LogP contribution in [0.15, 0.2) is 24.3 Å². The third-order valence-electron chi connectivity index (χ3n) is 1.26. The topological polar surface area (TPSA) is 40.1 Å². The van der Waals surface area contributed by atoms with Gasteiger partial charge in [-0.05, 0) is 6.08 Å². The molecule has 1 atom stereocenters.